The molecule has 0 aliphatic carbocycles. The maximum absolute atomic E-state index is 5.47. The van der Waals surface area contributed by atoms with Crippen molar-refractivity contribution in [2.24, 2.45) is 7.05 Å². The molecule has 2 rings (SSSR count). The molecule has 2 aromatic rings. The lowest BCUT2D eigenvalue weighted by Gasteiger charge is -2.11. The van der Waals surface area contributed by atoms with Gasteiger partial charge in [0.2, 0.25) is 0 Å². The molecular weight excluding hydrogens is 226 g/mol. The number of aromatic nitrogens is 2. The Hall–Kier alpha value is -1.97. The number of aryl methyl sites for hydroxylation is 2. The van der Waals surface area contributed by atoms with Gasteiger partial charge in [-0.05, 0) is 37.6 Å². The summed E-state index contributed by atoms with van der Waals surface area (Å²) in [5.41, 5.74) is 2.29. The van der Waals surface area contributed by atoms with E-state index in [1.54, 1.807) is 0 Å². The Morgan fingerprint density at radius 3 is 2.83 bits per heavy atom. The van der Waals surface area contributed by atoms with Gasteiger partial charge in [0.05, 0.1) is 13.2 Å². The molecular formula is C14H19N3O. The summed E-state index contributed by atoms with van der Waals surface area (Å²) < 4.78 is 7.48. The summed E-state index contributed by atoms with van der Waals surface area (Å²) in [4.78, 5) is 4.28. The normalized spacial score (nSPS) is 10.4. The van der Waals surface area contributed by atoms with Crippen LogP contribution >= 0.6 is 0 Å². The highest BCUT2D eigenvalue weighted by atomic mass is 16.5. The monoisotopic (exact) mass is 245 g/mol. The Balaban J connectivity index is 2.03. The third-order valence-corrected chi connectivity index (χ3v) is 2.87. The summed E-state index contributed by atoms with van der Waals surface area (Å²) in [5, 5.41) is 3.39. The first-order valence-corrected chi connectivity index (χ1v) is 6.14. The average Bonchev–Trinajstić information content (AvgIpc) is 2.74. The minimum absolute atomic E-state index is 0.694. The van der Waals surface area contributed by atoms with Gasteiger partial charge in [-0.15, -0.1) is 0 Å². The van der Waals surface area contributed by atoms with Gasteiger partial charge in [-0.3, -0.25) is 0 Å². The molecule has 1 aromatic heterocycles. The van der Waals surface area contributed by atoms with Crippen molar-refractivity contribution in [3.63, 3.8) is 0 Å². The van der Waals surface area contributed by atoms with Gasteiger partial charge in [0.15, 0.2) is 0 Å². The van der Waals surface area contributed by atoms with Gasteiger partial charge in [-0.1, -0.05) is 0 Å². The molecule has 1 aromatic carbocycles. The van der Waals surface area contributed by atoms with Gasteiger partial charge in [0.1, 0.15) is 11.6 Å². The van der Waals surface area contributed by atoms with E-state index in [2.05, 4.69) is 17.2 Å². The summed E-state index contributed by atoms with van der Waals surface area (Å²) in [5.74, 6) is 1.93. The lowest BCUT2D eigenvalue weighted by molar-refractivity contribution is 0.340. The van der Waals surface area contributed by atoms with E-state index in [1.165, 1.54) is 5.56 Å². The summed E-state index contributed by atoms with van der Waals surface area (Å²) >= 11 is 0. The molecule has 0 fully saturated rings. The van der Waals surface area contributed by atoms with Gasteiger partial charge >= 0.3 is 0 Å². The second kappa shape index (κ2) is 5.58. The molecule has 0 spiro atoms. The fraction of sp³-hybridized carbons (Fsp3) is 0.357. The molecule has 1 N–H and O–H groups in total. The van der Waals surface area contributed by atoms with Crippen molar-refractivity contribution in [3.8, 4) is 5.75 Å². The van der Waals surface area contributed by atoms with Crippen LogP contribution in [-0.4, -0.2) is 16.2 Å². The van der Waals surface area contributed by atoms with Crippen molar-refractivity contribution in [1.82, 2.24) is 9.55 Å². The predicted octanol–water partition coefficient (Wildman–Crippen LogP) is 2.74. The highest BCUT2D eigenvalue weighted by Crippen LogP contribution is 2.21. The molecule has 0 atom stereocenters. The molecule has 0 saturated heterocycles. The summed E-state index contributed by atoms with van der Waals surface area (Å²) in [7, 11) is 2.00. The number of rotatable bonds is 5. The molecule has 0 aliphatic heterocycles. The number of ether oxygens (including phenoxy) is 1. The van der Waals surface area contributed by atoms with E-state index in [4.69, 9.17) is 4.74 Å². The van der Waals surface area contributed by atoms with Crippen LogP contribution in [0.4, 0.5) is 5.69 Å². The molecule has 0 radical (unpaired) electrons. The molecule has 1 heterocycles. The largest absolute Gasteiger partial charge is 0.494 e. The Morgan fingerprint density at radius 2 is 2.22 bits per heavy atom. The van der Waals surface area contributed by atoms with E-state index < -0.39 is 0 Å². The van der Waals surface area contributed by atoms with Crippen LogP contribution in [0, 0.1) is 6.92 Å². The minimum Gasteiger partial charge on any atom is -0.494 e. The molecule has 18 heavy (non-hydrogen) atoms. The zero-order chi connectivity index (χ0) is 13.0. The molecule has 0 unspecified atom stereocenters. The van der Waals surface area contributed by atoms with Crippen LogP contribution in [0.15, 0.2) is 30.6 Å². The average molecular weight is 245 g/mol. The number of hydrogen-bond acceptors (Lipinski definition) is 3. The number of nitrogens with one attached hydrogen (secondary N) is 1. The SMILES string of the molecule is CCOc1ccc(NCc2nccn2C)c(C)c1. The third kappa shape index (κ3) is 2.83. The third-order valence-electron chi connectivity index (χ3n) is 2.87. The van der Waals surface area contributed by atoms with Crippen molar-refractivity contribution in [1.29, 1.82) is 0 Å². The van der Waals surface area contributed by atoms with E-state index in [0.717, 1.165) is 23.8 Å². The van der Waals surface area contributed by atoms with Crippen molar-refractivity contribution < 1.29 is 4.74 Å². The second-order valence-electron chi connectivity index (χ2n) is 4.22. The zero-order valence-electron chi connectivity index (χ0n) is 11.1. The molecule has 0 amide bonds. The molecule has 0 aliphatic rings. The fourth-order valence-corrected chi connectivity index (χ4v) is 1.83. The van der Waals surface area contributed by atoms with Gasteiger partial charge in [-0.25, -0.2) is 4.98 Å². The Morgan fingerprint density at radius 1 is 1.39 bits per heavy atom. The van der Waals surface area contributed by atoms with Gasteiger partial charge < -0.3 is 14.6 Å². The second-order valence-corrected chi connectivity index (χ2v) is 4.22. The van der Waals surface area contributed by atoms with Crippen molar-refractivity contribution in [3.05, 3.63) is 42.0 Å². The standard InChI is InChI=1S/C14H19N3O/c1-4-18-12-5-6-13(11(2)9-12)16-10-14-15-7-8-17(14)3/h5-9,16H,4,10H2,1-3H3. The lowest BCUT2D eigenvalue weighted by Crippen LogP contribution is -2.06. The predicted molar refractivity (Wildman–Crippen MR) is 72.9 cm³/mol. The maximum Gasteiger partial charge on any atom is 0.127 e. The summed E-state index contributed by atoms with van der Waals surface area (Å²) in [6, 6.07) is 6.07. The van der Waals surface area contributed by atoms with E-state index in [1.807, 2.05) is 49.1 Å². The highest BCUT2D eigenvalue weighted by molar-refractivity contribution is 5.53. The first-order valence-electron chi connectivity index (χ1n) is 6.14. The van der Waals surface area contributed by atoms with Crippen LogP contribution < -0.4 is 10.1 Å². The topological polar surface area (TPSA) is 39.1 Å². The summed E-state index contributed by atoms with van der Waals surface area (Å²) in [6.45, 7) is 5.48. The van der Waals surface area contributed by atoms with Crippen molar-refractivity contribution in [2.45, 2.75) is 20.4 Å². The first-order chi connectivity index (χ1) is 8.70. The minimum atomic E-state index is 0.694. The first kappa shape index (κ1) is 12.5. The number of anilines is 1. The Bertz CT molecular complexity index is 520. The van der Waals surface area contributed by atoms with E-state index in [0.29, 0.717) is 6.61 Å². The van der Waals surface area contributed by atoms with E-state index >= 15 is 0 Å². The van der Waals surface area contributed by atoms with Gasteiger partial charge in [0.25, 0.3) is 0 Å². The highest BCUT2D eigenvalue weighted by Gasteiger charge is 2.02. The van der Waals surface area contributed by atoms with E-state index in [9.17, 15) is 0 Å². The fourth-order valence-electron chi connectivity index (χ4n) is 1.83. The maximum atomic E-state index is 5.47. The molecule has 0 saturated carbocycles. The van der Waals surface area contributed by atoms with Crippen LogP contribution in [0.1, 0.15) is 18.3 Å². The van der Waals surface area contributed by atoms with Crippen molar-refractivity contribution in [2.75, 3.05) is 11.9 Å². The van der Waals surface area contributed by atoms with Crippen molar-refractivity contribution >= 4 is 5.69 Å². The number of benzene rings is 1. The summed E-state index contributed by atoms with van der Waals surface area (Å²) in [6.07, 6.45) is 3.75. The van der Waals surface area contributed by atoms with Crippen LogP contribution in [0.25, 0.3) is 0 Å². The molecule has 96 valence electrons. The molecule has 4 heteroatoms. The Kier molecular flexibility index (Phi) is 3.87. The van der Waals surface area contributed by atoms with Crippen LogP contribution in [0.3, 0.4) is 0 Å². The molecule has 0 bridgehead atoms. The van der Waals surface area contributed by atoms with Crippen LogP contribution in [0.5, 0.6) is 5.75 Å². The lowest BCUT2D eigenvalue weighted by atomic mass is 10.2. The number of hydrogen-bond donors (Lipinski definition) is 1. The number of imidazole rings is 1. The Labute approximate surface area is 108 Å². The quantitative estimate of drug-likeness (QED) is 0.880. The smallest absolute Gasteiger partial charge is 0.127 e. The zero-order valence-corrected chi connectivity index (χ0v) is 11.1. The van der Waals surface area contributed by atoms with Crippen LogP contribution in [0.2, 0.25) is 0 Å². The van der Waals surface area contributed by atoms with E-state index in [-0.39, 0.29) is 0 Å². The van der Waals surface area contributed by atoms with Crippen LogP contribution in [-0.2, 0) is 13.6 Å². The number of nitrogens with zero attached hydrogens (tertiary/aromatic N) is 2. The van der Waals surface area contributed by atoms with Gasteiger partial charge in [-0.2, -0.15) is 0 Å². The molecule has 4 nitrogen and oxygen atoms in total. The van der Waals surface area contributed by atoms with Gasteiger partial charge in [0, 0.05) is 25.1 Å².